The number of aromatic nitrogens is 2. The van der Waals surface area contributed by atoms with Crippen molar-refractivity contribution in [1.29, 1.82) is 0 Å². The monoisotopic (exact) mass is 221 g/mol. The molecule has 0 bridgehead atoms. The number of nitrogens with zero attached hydrogens (tertiary/aromatic N) is 2. The minimum atomic E-state index is 0.462. The first-order valence-corrected chi connectivity index (χ1v) is 6.50. The first-order valence-electron chi connectivity index (χ1n) is 6.50. The van der Waals surface area contributed by atoms with Crippen LogP contribution < -0.4 is 5.32 Å². The summed E-state index contributed by atoms with van der Waals surface area (Å²) in [6.45, 7) is 6.39. The molecule has 16 heavy (non-hydrogen) atoms. The fourth-order valence-corrected chi connectivity index (χ4v) is 2.38. The minimum Gasteiger partial charge on any atom is -0.311 e. The van der Waals surface area contributed by atoms with E-state index in [0.717, 1.165) is 24.7 Å². The van der Waals surface area contributed by atoms with E-state index in [0.29, 0.717) is 6.04 Å². The topological polar surface area (TPSA) is 29.9 Å². The van der Waals surface area contributed by atoms with Crippen molar-refractivity contribution in [3.8, 4) is 0 Å². The highest BCUT2D eigenvalue weighted by Crippen LogP contribution is 2.23. The first kappa shape index (κ1) is 11.6. The highest BCUT2D eigenvalue weighted by molar-refractivity contribution is 4.99. The summed E-state index contributed by atoms with van der Waals surface area (Å²) in [6.07, 6.45) is 7.74. The Morgan fingerprint density at radius 2 is 2.19 bits per heavy atom. The number of nitrogens with one attached hydrogen (secondary N) is 1. The molecule has 1 fully saturated rings. The van der Waals surface area contributed by atoms with E-state index < -0.39 is 0 Å². The maximum atomic E-state index is 4.53. The molecule has 2 rings (SSSR count). The molecule has 90 valence electrons. The summed E-state index contributed by atoms with van der Waals surface area (Å²) < 4.78 is 2.02. The fourth-order valence-electron chi connectivity index (χ4n) is 2.38. The zero-order valence-corrected chi connectivity index (χ0v) is 10.4. The lowest BCUT2D eigenvalue weighted by Gasteiger charge is -2.09. The normalized spacial score (nSPS) is 17.4. The van der Waals surface area contributed by atoms with Gasteiger partial charge in [0.25, 0.3) is 0 Å². The Morgan fingerprint density at radius 3 is 2.81 bits per heavy atom. The van der Waals surface area contributed by atoms with Crippen LogP contribution in [0.4, 0.5) is 0 Å². The van der Waals surface area contributed by atoms with Crippen LogP contribution in [0, 0.1) is 5.92 Å². The number of hydrogen-bond donors (Lipinski definition) is 1. The molecule has 1 saturated carbocycles. The molecule has 1 aromatic rings. The summed E-state index contributed by atoms with van der Waals surface area (Å²) in [5, 5.41) is 8.05. The molecule has 0 atom stereocenters. The van der Waals surface area contributed by atoms with Gasteiger partial charge in [0.2, 0.25) is 0 Å². The first-order chi connectivity index (χ1) is 7.75. The largest absolute Gasteiger partial charge is 0.311 e. The molecule has 3 nitrogen and oxygen atoms in total. The average Bonchev–Trinajstić information content (AvgIpc) is 2.87. The van der Waals surface area contributed by atoms with Crippen molar-refractivity contribution in [3.05, 3.63) is 18.0 Å². The third-order valence-corrected chi connectivity index (χ3v) is 3.41. The molecule has 0 aromatic carbocycles. The molecule has 1 aliphatic carbocycles. The number of rotatable bonds is 5. The van der Waals surface area contributed by atoms with Gasteiger partial charge in [-0.15, -0.1) is 0 Å². The van der Waals surface area contributed by atoms with Crippen molar-refractivity contribution in [2.75, 3.05) is 6.54 Å². The van der Waals surface area contributed by atoms with Gasteiger partial charge in [0, 0.05) is 18.8 Å². The highest BCUT2D eigenvalue weighted by Gasteiger charge is 2.14. The van der Waals surface area contributed by atoms with Gasteiger partial charge in [-0.1, -0.05) is 12.8 Å². The van der Waals surface area contributed by atoms with Crippen LogP contribution in [0.1, 0.15) is 51.3 Å². The van der Waals surface area contributed by atoms with Crippen molar-refractivity contribution in [3.63, 3.8) is 0 Å². The standard InChI is InChI=1S/C13H23N3/c1-11(2)16-8-7-13(15-16)10-14-9-12-5-3-4-6-12/h7-8,11-12,14H,3-6,9-10H2,1-2H3. The third kappa shape index (κ3) is 3.08. The van der Waals surface area contributed by atoms with Crippen LogP contribution in [0.25, 0.3) is 0 Å². The van der Waals surface area contributed by atoms with Crippen molar-refractivity contribution in [2.45, 2.75) is 52.1 Å². The second-order valence-electron chi connectivity index (χ2n) is 5.16. The van der Waals surface area contributed by atoms with E-state index in [1.54, 1.807) is 0 Å². The van der Waals surface area contributed by atoms with Crippen molar-refractivity contribution >= 4 is 0 Å². The Morgan fingerprint density at radius 1 is 1.44 bits per heavy atom. The van der Waals surface area contributed by atoms with Crippen LogP contribution in [-0.2, 0) is 6.54 Å². The maximum absolute atomic E-state index is 4.53. The second kappa shape index (κ2) is 5.48. The molecule has 0 spiro atoms. The Bertz CT molecular complexity index is 311. The fraction of sp³-hybridized carbons (Fsp3) is 0.769. The van der Waals surface area contributed by atoms with E-state index in [4.69, 9.17) is 0 Å². The van der Waals surface area contributed by atoms with Gasteiger partial charge in [-0.05, 0) is 45.2 Å². The van der Waals surface area contributed by atoms with Crippen LogP contribution in [-0.4, -0.2) is 16.3 Å². The minimum absolute atomic E-state index is 0.462. The van der Waals surface area contributed by atoms with Gasteiger partial charge in [0.05, 0.1) is 5.69 Å². The zero-order valence-electron chi connectivity index (χ0n) is 10.4. The molecule has 1 aromatic heterocycles. The summed E-state index contributed by atoms with van der Waals surface area (Å²) in [5.41, 5.74) is 1.16. The number of hydrogen-bond acceptors (Lipinski definition) is 2. The van der Waals surface area contributed by atoms with E-state index in [1.807, 2.05) is 4.68 Å². The summed E-state index contributed by atoms with van der Waals surface area (Å²) in [4.78, 5) is 0. The van der Waals surface area contributed by atoms with Gasteiger partial charge in [0.15, 0.2) is 0 Å². The summed E-state index contributed by atoms with van der Waals surface area (Å²) in [6, 6.07) is 2.57. The van der Waals surface area contributed by atoms with Gasteiger partial charge >= 0.3 is 0 Å². The van der Waals surface area contributed by atoms with E-state index in [2.05, 4.69) is 36.5 Å². The molecule has 1 heterocycles. The lowest BCUT2D eigenvalue weighted by molar-refractivity contribution is 0.479. The van der Waals surface area contributed by atoms with Crippen molar-refractivity contribution < 1.29 is 0 Å². The Balaban J connectivity index is 1.72. The molecular formula is C13H23N3. The van der Waals surface area contributed by atoms with Crippen LogP contribution in [0.5, 0.6) is 0 Å². The van der Waals surface area contributed by atoms with Gasteiger partial charge in [-0.2, -0.15) is 5.10 Å². The molecular weight excluding hydrogens is 198 g/mol. The van der Waals surface area contributed by atoms with Gasteiger partial charge in [-0.3, -0.25) is 4.68 Å². The maximum Gasteiger partial charge on any atom is 0.0762 e. The Kier molecular flexibility index (Phi) is 3.99. The van der Waals surface area contributed by atoms with Gasteiger partial charge < -0.3 is 5.32 Å². The Labute approximate surface area is 98.2 Å². The second-order valence-corrected chi connectivity index (χ2v) is 5.16. The third-order valence-electron chi connectivity index (χ3n) is 3.41. The van der Waals surface area contributed by atoms with E-state index in [-0.39, 0.29) is 0 Å². The molecule has 0 radical (unpaired) electrons. The molecule has 0 saturated heterocycles. The van der Waals surface area contributed by atoms with Crippen LogP contribution in [0.2, 0.25) is 0 Å². The van der Waals surface area contributed by atoms with E-state index >= 15 is 0 Å². The summed E-state index contributed by atoms with van der Waals surface area (Å²) in [7, 11) is 0. The molecule has 1 N–H and O–H groups in total. The zero-order chi connectivity index (χ0) is 11.4. The van der Waals surface area contributed by atoms with Crippen molar-refractivity contribution in [2.24, 2.45) is 5.92 Å². The van der Waals surface area contributed by atoms with Gasteiger partial charge in [-0.25, -0.2) is 0 Å². The quantitative estimate of drug-likeness (QED) is 0.828. The molecule has 0 aliphatic heterocycles. The highest BCUT2D eigenvalue weighted by atomic mass is 15.3. The summed E-state index contributed by atoms with van der Waals surface area (Å²) >= 11 is 0. The van der Waals surface area contributed by atoms with E-state index in [1.165, 1.54) is 25.7 Å². The van der Waals surface area contributed by atoms with Crippen LogP contribution >= 0.6 is 0 Å². The van der Waals surface area contributed by atoms with Crippen molar-refractivity contribution in [1.82, 2.24) is 15.1 Å². The predicted octanol–water partition coefficient (Wildman–Crippen LogP) is 2.74. The lowest BCUT2D eigenvalue weighted by atomic mass is 10.1. The molecule has 1 aliphatic rings. The predicted molar refractivity (Wildman–Crippen MR) is 66.3 cm³/mol. The van der Waals surface area contributed by atoms with Gasteiger partial charge in [0.1, 0.15) is 0 Å². The average molecular weight is 221 g/mol. The molecule has 0 unspecified atom stereocenters. The lowest BCUT2D eigenvalue weighted by Crippen LogP contribution is -2.21. The smallest absolute Gasteiger partial charge is 0.0762 e. The van der Waals surface area contributed by atoms with Crippen LogP contribution in [0.15, 0.2) is 12.3 Å². The molecule has 3 heteroatoms. The summed E-state index contributed by atoms with van der Waals surface area (Å²) in [5.74, 6) is 0.909. The SMILES string of the molecule is CC(C)n1ccc(CNCC2CCCC2)n1. The van der Waals surface area contributed by atoms with E-state index in [9.17, 15) is 0 Å². The van der Waals surface area contributed by atoms with Crippen LogP contribution in [0.3, 0.4) is 0 Å². The Hall–Kier alpha value is -0.830. The molecule has 0 amide bonds.